The first kappa shape index (κ1) is 17.0. The Balaban J connectivity index is 1.89. The maximum Gasteiger partial charge on any atom is 0.131 e. The lowest BCUT2D eigenvalue weighted by molar-refractivity contribution is -0.304. The fraction of sp³-hybridized carbons (Fsp3) is 0.350. The van der Waals surface area contributed by atoms with Crippen LogP contribution >= 0.6 is 0 Å². The second kappa shape index (κ2) is 6.56. The maximum atomic E-state index is 10.6. The molecule has 0 aliphatic carbocycles. The number of aromatic nitrogens is 2. The van der Waals surface area contributed by atoms with Crippen LogP contribution in [-0.2, 0) is 16.6 Å². The standard InChI is InChI=1S/C20H20N2O3/c1-13-8-18-17(20(2,3)6-7-25-18)9-14(13)4-5-15-11-22-16(12-21-15)10-19(23)24/h8-9,11-12H,6-7,10H2,1-3H3,(H,23,24)/p-1. The van der Waals surface area contributed by atoms with Crippen LogP contribution in [0.25, 0.3) is 0 Å². The second-order valence-electron chi connectivity index (χ2n) is 6.84. The third-order valence-electron chi connectivity index (χ3n) is 4.40. The summed E-state index contributed by atoms with van der Waals surface area (Å²) in [5.74, 6) is 5.89. The van der Waals surface area contributed by atoms with Crippen molar-refractivity contribution in [1.29, 1.82) is 0 Å². The quantitative estimate of drug-likeness (QED) is 0.778. The van der Waals surface area contributed by atoms with Gasteiger partial charge in [-0.3, -0.25) is 4.98 Å². The fourth-order valence-electron chi connectivity index (χ4n) is 2.81. The number of carboxylic acid groups (broad SMARTS) is 1. The van der Waals surface area contributed by atoms with Crippen molar-refractivity contribution in [2.24, 2.45) is 0 Å². The number of fused-ring (bicyclic) bond motifs is 1. The van der Waals surface area contributed by atoms with E-state index in [1.165, 1.54) is 18.0 Å². The molecule has 0 radical (unpaired) electrons. The Morgan fingerprint density at radius 1 is 1.28 bits per heavy atom. The molecule has 25 heavy (non-hydrogen) atoms. The van der Waals surface area contributed by atoms with E-state index in [1.54, 1.807) is 0 Å². The molecule has 1 aliphatic heterocycles. The molecular weight excluding hydrogens is 316 g/mol. The van der Waals surface area contributed by atoms with Crippen molar-refractivity contribution >= 4 is 5.97 Å². The van der Waals surface area contributed by atoms with Crippen LogP contribution in [0.1, 0.15) is 48.3 Å². The number of nitrogens with zero attached hydrogens (tertiary/aromatic N) is 2. The highest BCUT2D eigenvalue weighted by Crippen LogP contribution is 2.39. The van der Waals surface area contributed by atoms with Crippen LogP contribution in [-0.4, -0.2) is 22.5 Å². The predicted molar refractivity (Wildman–Crippen MR) is 91.0 cm³/mol. The molecule has 0 bridgehead atoms. The number of aliphatic carboxylic acids is 1. The number of hydrogen-bond donors (Lipinski definition) is 0. The van der Waals surface area contributed by atoms with Gasteiger partial charge in [0.05, 0.1) is 24.7 Å². The number of carbonyl (C=O) groups excluding carboxylic acids is 1. The van der Waals surface area contributed by atoms with Crippen molar-refractivity contribution in [1.82, 2.24) is 9.97 Å². The number of benzene rings is 1. The van der Waals surface area contributed by atoms with E-state index in [0.717, 1.165) is 29.9 Å². The summed E-state index contributed by atoms with van der Waals surface area (Å²) in [6.45, 7) is 7.16. The van der Waals surface area contributed by atoms with Crippen molar-refractivity contribution in [2.75, 3.05) is 6.61 Å². The summed E-state index contributed by atoms with van der Waals surface area (Å²) < 4.78 is 5.78. The van der Waals surface area contributed by atoms with Crippen molar-refractivity contribution in [3.05, 3.63) is 52.6 Å². The van der Waals surface area contributed by atoms with E-state index in [0.29, 0.717) is 11.4 Å². The molecule has 5 nitrogen and oxygen atoms in total. The van der Waals surface area contributed by atoms with Crippen LogP contribution < -0.4 is 9.84 Å². The molecule has 0 saturated heterocycles. The van der Waals surface area contributed by atoms with Gasteiger partial charge in [-0.2, -0.15) is 0 Å². The lowest BCUT2D eigenvalue weighted by atomic mass is 9.78. The third-order valence-corrected chi connectivity index (χ3v) is 4.40. The minimum absolute atomic E-state index is 0.0596. The van der Waals surface area contributed by atoms with Gasteiger partial charge in [0.15, 0.2) is 0 Å². The zero-order chi connectivity index (χ0) is 18.0. The summed E-state index contributed by atoms with van der Waals surface area (Å²) in [4.78, 5) is 18.7. The predicted octanol–water partition coefficient (Wildman–Crippen LogP) is 1.54. The van der Waals surface area contributed by atoms with Gasteiger partial charge < -0.3 is 14.6 Å². The summed E-state index contributed by atoms with van der Waals surface area (Å²) in [5.41, 5.74) is 4.06. The highest BCUT2D eigenvalue weighted by atomic mass is 16.5. The van der Waals surface area contributed by atoms with Gasteiger partial charge in [0, 0.05) is 23.5 Å². The van der Waals surface area contributed by atoms with Gasteiger partial charge in [0.2, 0.25) is 0 Å². The van der Waals surface area contributed by atoms with Crippen LogP contribution in [0.15, 0.2) is 24.5 Å². The highest BCUT2D eigenvalue weighted by Gasteiger charge is 2.29. The molecular formula is C20H19N2O3-. The minimum Gasteiger partial charge on any atom is -0.550 e. The van der Waals surface area contributed by atoms with Crippen LogP contribution in [0.4, 0.5) is 0 Å². The van der Waals surface area contributed by atoms with Crippen LogP contribution in [0.2, 0.25) is 0 Å². The molecule has 0 spiro atoms. The zero-order valence-corrected chi connectivity index (χ0v) is 14.5. The first-order chi connectivity index (χ1) is 11.8. The number of aryl methyl sites for hydroxylation is 1. The monoisotopic (exact) mass is 335 g/mol. The number of rotatable bonds is 2. The molecule has 1 aliphatic rings. The Kier molecular flexibility index (Phi) is 4.45. The average molecular weight is 335 g/mol. The van der Waals surface area contributed by atoms with E-state index in [9.17, 15) is 9.90 Å². The molecule has 0 N–H and O–H groups in total. The van der Waals surface area contributed by atoms with Crippen LogP contribution in [0, 0.1) is 18.8 Å². The van der Waals surface area contributed by atoms with Crippen molar-refractivity contribution < 1.29 is 14.6 Å². The van der Waals surface area contributed by atoms with E-state index in [2.05, 4.69) is 41.7 Å². The SMILES string of the molecule is Cc1cc2c(cc1C#Cc1cnc(CC(=O)[O-])cn1)C(C)(C)CCO2. The van der Waals surface area contributed by atoms with Crippen molar-refractivity contribution in [2.45, 2.75) is 39.0 Å². The summed E-state index contributed by atoms with van der Waals surface area (Å²) >= 11 is 0. The summed E-state index contributed by atoms with van der Waals surface area (Å²) in [7, 11) is 0. The number of hydrogen-bond acceptors (Lipinski definition) is 5. The second-order valence-corrected chi connectivity index (χ2v) is 6.84. The third kappa shape index (κ3) is 3.80. The molecule has 2 aromatic rings. The molecule has 1 aromatic heterocycles. The number of ether oxygens (including phenoxy) is 1. The van der Waals surface area contributed by atoms with E-state index >= 15 is 0 Å². The van der Waals surface area contributed by atoms with E-state index in [1.807, 2.05) is 13.0 Å². The van der Waals surface area contributed by atoms with Gasteiger partial charge >= 0.3 is 0 Å². The van der Waals surface area contributed by atoms with Gasteiger partial charge in [-0.15, -0.1) is 0 Å². The van der Waals surface area contributed by atoms with E-state index in [4.69, 9.17) is 4.74 Å². The zero-order valence-electron chi connectivity index (χ0n) is 14.5. The molecule has 0 saturated carbocycles. The Hall–Kier alpha value is -2.87. The minimum atomic E-state index is -1.18. The highest BCUT2D eigenvalue weighted by molar-refractivity contribution is 5.67. The molecule has 1 aromatic carbocycles. The topological polar surface area (TPSA) is 75.1 Å². The van der Waals surface area contributed by atoms with Gasteiger partial charge in [-0.1, -0.05) is 19.8 Å². The molecule has 3 rings (SSSR count). The lowest BCUT2D eigenvalue weighted by Gasteiger charge is -2.33. The summed E-state index contributed by atoms with van der Waals surface area (Å²) in [5, 5.41) is 10.6. The Morgan fingerprint density at radius 3 is 2.76 bits per heavy atom. The number of carboxylic acids is 1. The normalized spacial score (nSPS) is 14.7. The molecule has 0 atom stereocenters. The van der Waals surface area contributed by atoms with Gasteiger partial charge in [-0.25, -0.2) is 4.98 Å². The lowest BCUT2D eigenvalue weighted by Crippen LogP contribution is -2.26. The largest absolute Gasteiger partial charge is 0.550 e. The van der Waals surface area contributed by atoms with Gasteiger partial charge in [-0.05, 0) is 42.4 Å². The maximum absolute atomic E-state index is 10.6. The first-order valence-corrected chi connectivity index (χ1v) is 8.16. The van der Waals surface area contributed by atoms with E-state index < -0.39 is 5.97 Å². The molecule has 128 valence electrons. The summed E-state index contributed by atoms with van der Waals surface area (Å²) in [6, 6.07) is 4.13. The molecule has 0 unspecified atom stereocenters. The Morgan fingerprint density at radius 2 is 2.08 bits per heavy atom. The first-order valence-electron chi connectivity index (χ1n) is 8.16. The Labute approximate surface area is 147 Å². The fourth-order valence-corrected chi connectivity index (χ4v) is 2.81. The summed E-state index contributed by atoms with van der Waals surface area (Å²) in [6.07, 6.45) is 3.61. The smallest absolute Gasteiger partial charge is 0.131 e. The van der Waals surface area contributed by atoms with E-state index in [-0.39, 0.29) is 11.8 Å². The Bertz CT molecular complexity index is 874. The number of carbonyl (C=O) groups is 1. The van der Waals surface area contributed by atoms with Crippen LogP contribution in [0.5, 0.6) is 5.75 Å². The van der Waals surface area contributed by atoms with Gasteiger partial charge in [0.25, 0.3) is 0 Å². The molecule has 2 heterocycles. The van der Waals surface area contributed by atoms with Crippen molar-refractivity contribution in [3.63, 3.8) is 0 Å². The van der Waals surface area contributed by atoms with Gasteiger partial charge in [0.1, 0.15) is 11.4 Å². The van der Waals surface area contributed by atoms with Crippen molar-refractivity contribution in [3.8, 4) is 17.6 Å². The molecule has 5 heteroatoms. The molecule has 0 amide bonds. The molecule has 0 fully saturated rings. The average Bonchev–Trinajstić information content (AvgIpc) is 2.54. The van der Waals surface area contributed by atoms with Crippen LogP contribution in [0.3, 0.4) is 0 Å².